The molecule has 2 unspecified atom stereocenters. The van der Waals surface area contributed by atoms with Crippen LogP contribution in [0.4, 0.5) is 0 Å². The third kappa shape index (κ3) is 4.85. The summed E-state index contributed by atoms with van der Waals surface area (Å²) < 4.78 is 0. The van der Waals surface area contributed by atoms with Gasteiger partial charge in [0.1, 0.15) is 0 Å². The number of hydrogen-bond acceptors (Lipinski definition) is 2. The third-order valence-corrected chi connectivity index (χ3v) is 5.06. The first kappa shape index (κ1) is 14.9. The Morgan fingerprint density at radius 1 is 1.32 bits per heavy atom. The number of fused-ring (bicyclic) bond motifs is 1. The fraction of sp³-hybridized carbons (Fsp3) is 0.647. The Morgan fingerprint density at radius 3 is 2.74 bits per heavy atom. The van der Waals surface area contributed by atoms with Gasteiger partial charge in [-0.1, -0.05) is 25.1 Å². The SMILES string of the molecule is CC(CCC1Cc2ccccc2S1)CNC(C)(C)C. The van der Waals surface area contributed by atoms with Crippen molar-refractivity contribution in [2.45, 2.75) is 62.6 Å². The lowest BCUT2D eigenvalue weighted by molar-refractivity contribution is 0.368. The second kappa shape index (κ2) is 6.32. The number of thioether (sulfide) groups is 1. The molecule has 2 atom stereocenters. The summed E-state index contributed by atoms with van der Waals surface area (Å²) in [6.07, 6.45) is 3.93. The van der Waals surface area contributed by atoms with Gasteiger partial charge < -0.3 is 5.32 Å². The van der Waals surface area contributed by atoms with Gasteiger partial charge in [0.25, 0.3) is 0 Å². The molecule has 1 heterocycles. The fourth-order valence-corrected chi connectivity index (χ4v) is 3.80. The summed E-state index contributed by atoms with van der Waals surface area (Å²) in [5.74, 6) is 0.767. The molecule has 0 amide bonds. The Kier molecular flexibility index (Phi) is 4.97. The maximum Gasteiger partial charge on any atom is 0.0135 e. The quantitative estimate of drug-likeness (QED) is 0.850. The maximum atomic E-state index is 3.61. The monoisotopic (exact) mass is 277 g/mol. The van der Waals surface area contributed by atoms with Gasteiger partial charge in [0.05, 0.1) is 0 Å². The van der Waals surface area contributed by atoms with E-state index in [2.05, 4.69) is 69.0 Å². The van der Waals surface area contributed by atoms with Gasteiger partial charge in [-0.25, -0.2) is 0 Å². The normalized spacial score (nSPS) is 20.3. The van der Waals surface area contributed by atoms with E-state index in [4.69, 9.17) is 0 Å². The van der Waals surface area contributed by atoms with Crippen LogP contribution in [0, 0.1) is 5.92 Å². The number of nitrogens with one attached hydrogen (secondary N) is 1. The molecule has 2 rings (SSSR count). The van der Waals surface area contributed by atoms with Crippen LogP contribution in [0.1, 0.15) is 46.1 Å². The first-order valence-electron chi connectivity index (χ1n) is 7.43. The van der Waals surface area contributed by atoms with Crippen LogP contribution in [-0.2, 0) is 6.42 Å². The van der Waals surface area contributed by atoms with Gasteiger partial charge in [-0.05, 0) is 64.1 Å². The predicted octanol–water partition coefficient (Wildman–Crippen LogP) is 4.51. The lowest BCUT2D eigenvalue weighted by atomic mass is 9.99. The van der Waals surface area contributed by atoms with Gasteiger partial charge in [0.15, 0.2) is 0 Å². The number of benzene rings is 1. The largest absolute Gasteiger partial charge is 0.312 e. The van der Waals surface area contributed by atoms with E-state index in [0.29, 0.717) is 0 Å². The third-order valence-electron chi connectivity index (χ3n) is 3.68. The van der Waals surface area contributed by atoms with Crippen molar-refractivity contribution >= 4 is 11.8 Å². The van der Waals surface area contributed by atoms with E-state index >= 15 is 0 Å². The highest BCUT2D eigenvalue weighted by atomic mass is 32.2. The van der Waals surface area contributed by atoms with E-state index in [1.165, 1.54) is 24.2 Å². The van der Waals surface area contributed by atoms with Crippen molar-refractivity contribution in [1.29, 1.82) is 0 Å². The minimum Gasteiger partial charge on any atom is -0.312 e. The molecule has 0 saturated heterocycles. The molecule has 2 heteroatoms. The molecule has 0 fully saturated rings. The summed E-state index contributed by atoms with van der Waals surface area (Å²) in [5.41, 5.74) is 1.80. The topological polar surface area (TPSA) is 12.0 Å². The zero-order chi connectivity index (χ0) is 13.9. The standard InChI is InChI=1S/C17H27NS/c1-13(12-18-17(2,3)4)9-10-15-11-14-7-5-6-8-16(14)19-15/h5-8,13,15,18H,9-12H2,1-4H3. The van der Waals surface area contributed by atoms with Gasteiger partial charge in [-0.15, -0.1) is 11.8 Å². The summed E-state index contributed by atoms with van der Waals surface area (Å²) in [6, 6.07) is 8.87. The highest BCUT2D eigenvalue weighted by Crippen LogP contribution is 2.39. The van der Waals surface area contributed by atoms with Gasteiger partial charge in [-0.2, -0.15) is 0 Å². The molecule has 1 aliphatic rings. The van der Waals surface area contributed by atoms with Crippen molar-refractivity contribution < 1.29 is 0 Å². The van der Waals surface area contributed by atoms with Crippen molar-refractivity contribution in [3.63, 3.8) is 0 Å². The van der Waals surface area contributed by atoms with E-state index in [1.54, 1.807) is 5.56 Å². The Balaban J connectivity index is 1.70. The first-order valence-corrected chi connectivity index (χ1v) is 8.31. The molecule has 1 aliphatic heterocycles. The van der Waals surface area contributed by atoms with E-state index in [1.807, 2.05) is 0 Å². The van der Waals surface area contributed by atoms with Gasteiger partial charge >= 0.3 is 0 Å². The highest BCUT2D eigenvalue weighted by Gasteiger charge is 2.22. The molecule has 1 nitrogen and oxygen atoms in total. The molecule has 0 saturated carbocycles. The van der Waals surface area contributed by atoms with Crippen LogP contribution < -0.4 is 5.32 Å². The zero-order valence-corrected chi connectivity index (χ0v) is 13.5. The summed E-state index contributed by atoms with van der Waals surface area (Å²) in [7, 11) is 0. The molecule has 0 aliphatic carbocycles. The van der Waals surface area contributed by atoms with Crippen molar-refractivity contribution in [1.82, 2.24) is 5.32 Å². The van der Waals surface area contributed by atoms with Crippen LogP contribution in [-0.4, -0.2) is 17.3 Å². The average molecular weight is 277 g/mol. The van der Waals surface area contributed by atoms with E-state index in [9.17, 15) is 0 Å². The van der Waals surface area contributed by atoms with Crippen LogP contribution >= 0.6 is 11.8 Å². The minimum absolute atomic E-state index is 0.243. The lowest BCUT2D eigenvalue weighted by Crippen LogP contribution is -2.38. The van der Waals surface area contributed by atoms with E-state index < -0.39 is 0 Å². The molecular formula is C17H27NS. The van der Waals surface area contributed by atoms with Gasteiger partial charge in [0, 0.05) is 15.7 Å². The minimum atomic E-state index is 0.243. The summed E-state index contributed by atoms with van der Waals surface area (Å²) >= 11 is 2.08. The summed E-state index contributed by atoms with van der Waals surface area (Å²) in [6.45, 7) is 10.2. The molecule has 0 bridgehead atoms. The van der Waals surface area contributed by atoms with E-state index in [0.717, 1.165) is 17.7 Å². The van der Waals surface area contributed by atoms with Crippen molar-refractivity contribution in [2.24, 2.45) is 5.92 Å². The molecule has 0 spiro atoms. The molecule has 1 aromatic rings. The predicted molar refractivity (Wildman–Crippen MR) is 85.9 cm³/mol. The van der Waals surface area contributed by atoms with Crippen LogP contribution in [0.25, 0.3) is 0 Å². The first-order chi connectivity index (χ1) is 8.94. The van der Waals surface area contributed by atoms with Crippen LogP contribution in [0.2, 0.25) is 0 Å². The Bertz CT molecular complexity index is 383. The van der Waals surface area contributed by atoms with Crippen LogP contribution in [0.15, 0.2) is 29.2 Å². The summed E-state index contributed by atoms with van der Waals surface area (Å²) in [5, 5.41) is 4.41. The lowest BCUT2D eigenvalue weighted by Gasteiger charge is -2.24. The molecular weight excluding hydrogens is 250 g/mol. The van der Waals surface area contributed by atoms with Crippen molar-refractivity contribution in [2.75, 3.05) is 6.54 Å². The summed E-state index contributed by atoms with van der Waals surface area (Å²) in [4.78, 5) is 1.51. The highest BCUT2D eigenvalue weighted by molar-refractivity contribution is 8.00. The van der Waals surface area contributed by atoms with Gasteiger partial charge in [0.2, 0.25) is 0 Å². The average Bonchev–Trinajstić information content (AvgIpc) is 2.75. The molecule has 1 aromatic carbocycles. The molecule has 0 aromatic heterocycles. The smallest absolute Gasteiger partial charge is 0.0135 e. The van der Waals surface area contributed by atoms with Crippen LogP contribution in [0.5, 0.6) is 0 Å². The number of hydrogen-bond donors (Lipinski definition) is 1. The van der Waals surface area contributed by atoms with E-state index in [-0.39, 0.29) is 5.54 Å². The number of rotatable bonds is 5. The van der Waals surface area contributed by atoms with Crippen molar-refractivity contribution in [3.8, 4) is 0 Å². The van der Waals surface area contributed by atoms with Crippen LogP contribution in [0.3, 0.4) is 0 Å². The zero-order valence-electron chi connectivity index (χ0n) is 12.7. The second-order valence-corrected chi connectivity index (χ2v) is 8.21. The molecule has 106 valence electrons. The maximum absolute atomic E-state index is 3.61. The Morgan fingerprint density at radius 2 is 2.05 bits per heavy atom. The Hall–Kier alpha value is -0.470. The van der Waals surface area contributed by atoms with Crippen molar-refractivity contribution in [3.05, 3.63) is 29.8 Å². The molecule has 19 heavy (non-hydrogen) atoms. The molecule has 1 N–H and O–H groups in total. The van der Waals surface area contributed by atoms with Gasteiger partial charge in [-0.3, -0.25) is 0 Å². The fourth-order valence-electron chi connectivity index (χ4n) is 2.47. The second-order valence-electron chi connectivity index (χ2n) is 6.87. The molecule has 0 radical (unpaired) electrons. The Labute approximate surface area is 122 Å².